The summed E-state index contributed by atoms with van der Waals surface area (Å²) in [4.78, 5) is 12.1. The standard InChI is InChI=1S/C14H25N3O.ClH/c1-9(2)17-11(4)7-13(12(17)5)14(18)16-8-10(3)15-6;/h7,9-10,15H,8H2,1-6H3,(H,16,18);1H. The third kappa shape index (κ3) is 4.25. The largest absolute Gasteiger partial charge is 0.350 e. The van der Waals surface area contributed by atoms with Crippen LogP contribution < -0.4 is 10.6 Å². The van der Waals surface area contributed by atoms with Crippen molar-refractivity contribution >= 4 is 18.3 Å². The normalized spacial score (nSPS) is 12.2. The summed E-state index contributed by atoms with van der Waals surface area (Å²) in [7, 11) is 1.89. The molecule has 1 aromatic heterocycles. The number of hydrogen-bond donors (Lipinski definition) is 2. The van der Waals surface area contributed by atoms with Gasteiger partial charge in [0.1, 0.15) is 0 Å². The van der Waals surface area contributed by atoms with E-state index in [0.29, 0.717) is 12.6 Å². The van der Waals surface area contributed by atoms with E-state index in [4.69, 9.17) is 0 Å². The Bertz CT molecular complexity index is 427. The van der Waals surface area contributed by atoms with Gasteiger partial charge in [-0.1, -0.05) is 0 Å². The fourth-order valence-corrected chi connectivity index (χ4v) is 2.24. The lowest BCUT2D eigenvalue weighted by Crippen LogP contribution is -2.37. The Labute approximate surface area is 122 Å². The number of rotatable bonds is 5. The summed E-state index contributed by atoms with van der Waals surface area (Å²) in [5, 5.41) is 6.06. The van der Waals surface area contributed by atoms with E-state index in [1.54, 1.807) is 0 Å². The van der Waals surface area contributed by atoms with Gasteiger partial charge in [-0.05, 0) is 47.7 Å². The molecule has 0 bridgehead atoms. The molecule has 0 spiro atoms. The van der Waals surface area contributed by atoms with Gasteiger partial charge < -0.3 is 15.2 Å². The quantitative estimate of drug-likeness (QED) is 0.874. The van der Waals surface area contributed by atoms with Crippen molar-refractivity contribution in [3.8, 4) is 0 Å². The molecule has 1 unspecified atom stereocenters. The fourth-order valence-electron chi connectivity index (χ4n) is 2.24. The van der Waals surface area contributed by atoms with E-state index in [9.17, 15) is 4.79 Å². The molecule has 19 heavy (non-hydrogen) atoms. The van der Waals surface area contributed by atoms with Crippen molar-refractivity contribution in [1.82, 2.24) is 15.2 Å². The number of aromatic nitrogens is 1. The van der Waals surface area contributed by atoms with Crippen LogP contribution in [0, 0.1) is 13.8 Å². The van der Waals surface area contributed by atoms with E-state index >= 15 is 0 Å². The molecule has 0 fully saturated rings. The highest BCUT2D eigenvalue weighted by atomic mass is 35.5. The lowest BCUT2D eigenvalue weighted by Gasteiger charge is -2.14. The lowest BCUT2D eigenvalue weighted by atomic mass is 10.2. The maximum absolute atomic E-state index is 12.1. The zero-order valence-corrected chi connectivity index (χ0v) is 13.5. The first-order valence-electron chi connectivity index (χ1n) is 6.52. The molecule has 110 valence electrons. The second kappa shape index (κ2) is 7.56. The second-order valence-electron chi connectivity index (χ2n) is 5.15. The van der Waals surface area contributed by atoms with Gasteiger partial charge >= 0.3 is 0 Å². The smallest absolute Gasteiger partial charge is 0.253 e. The average molecular weight is 288 g/mol. The molecular formula is C14H26ClN3O. The molecule has 0 saturated heterocycles. The topological polar surface area (TPSA) is 46.1 Å². The van der Waals surface area contributed by atoms with E-state index in [1.807, 2.05) is 33.9 Å². The van der Waals surface area contributed by atoms with Crippen molar-refractivity contribution in [2.24, 2.45) is 0 Å². The first-order valence-corrected chi connectivity index (χ1v) is 6.52. The summed E-state index contributed by atoms with van der Waals surface area (Å²) < 4.78 is 2.19. The molecule has 5 heteroatoms. The van der Waals surface area contributed by atoms with Gasteiger partial charge in [-0.15, -0.1) is 12.4 Å². The van der Waals surface area contributed by atoms with Gasteiger partial charge in [-0.3, -0.25) is 4.79 Å². The zero-order valence-electron chi connectivity index (χ0n) is 12.7. The van der Waals surface area contributed by atoms with Crippen LogP contribution in [0.5, 0.6) is 0 Å². The van der Waals surface area contributed by atoms with Gasteiger partial charge in [-0.25, -0.2) is 0 Å². The third-order valence-corrected chi connectivity index (χ3v) is 3.31. The van der Waals surface area contributed by atoms with Crippen molar-refractivity contribution in [2.45, 2.75) is 46.7 Å². The minimum Gasteiger partial charge on any atom is -0.350 e. The Balaban J connectivity index is 0.00000324. The second-order valence-corrected chi connectivity index (χ2v) is 5.15. The van der Waals surface area contributed by atoms with Crippen molar-refractivity contribution < 1.29 is 4.79 Å². The average Bonchev–Trinajstić information content (AvgIpc) is 2.61. The van der Waals surface area contributed by atoms with Gasteiger partial charge in [0.25, 0.3) is 5.91 Å². The zero-order chi connectivity index (χ0) is 13.9. The van der Waals surface area contributed by atoms with Crippen LogP contribution in [0.25, 0.3) is 0 Å². The maximum atomic E-state index is 12.1. The predicted octanol–water partition coefficient (Wildman–Crippen LogP) is 2.45. The van der Waals surface area contributed by atoms with Crippen LogP contribution in [0.15, 0.2) is 6.07 Å². The number of amides is 1. The monoisotopic (exact) mass is 287 g/mol. The summed E-state index contributed by atoms with van der Waals surface area (Å²) in [6, 6.07) is 2.62. The van der Waals surface area contributed by atoms with Gasteiger partial charge in [0, 0.05) is 30.0 Å². The Hall–Kier alpha value is -1.00. The van der Waals surface area contributed by atoms with Crippen molar-refractivity contribution in [3.05, 3.63) is 23.0 Å². The molecule has 0 aliphatic rings. The number of carbonyl (C=O) groups excluding carboxylic acids is 1. The summed E-state index contributed by atoms with van der Waals surface area (Å²) in [6.45, 7) is 11.0. The molecule has 0 saturated carbocycles. The van der Waals surface area contributed by atoms with Gasteiger partial charge in [0.2, 0.25) is 0 Å². The summed E-state index contributed by atoms with van der Waals surface area (Å²) >= 11 is 0. The molecule has 1 rings (SSSR count). The maximum Gasteiger partial charge on any atom is 0.253 e. The number of nitrogens with zero attached hydrogens (tertiary/aromatic N) is 1. The number of carbonyl (C=O) groups is 1. The van der Waals surface area contributed by atoms with Crippen LogP contribution in [0.1, 0.15) is 48.6 Å². The van der Waals surface area contributed by atoms with E-state index < -0.39 is 0 Å². The molecular weight excluding hydrogens is 262 g/mol. The molecule has 0 aliphatic heterocycles. The molecule has 0 radical (unpaired) electrons. The minimum absolute atomic E-state index is 0. The van der Waals surface area contributed by atoms with Crippen LogP contribution in [0.2, 0.25) is 0 Å². The molecule has 2 N–H and O–H groups in total. The third-order valence-electron chi connectivity index (χ3n) is 3.31. The van der Waals surface area contributed by atoms with Crippen LogP contribution in [-0.2, 0) is 0 Å². The Morgan fingerprint density at radius 2 is 1.89 bits per heavy atom. The number of hydrogen-bond acceptors (Lipinski definition) is 2. The molecule has 1 aromatic rings. The fraction of sp³-hybridized carbons (Fsp3) is 0.643. The minimum atomic E-state index is 0. The van der Waals surface area contributed by atoms with E-state index in [2.05, 4.69) is 29.0 Å². The molecule has 1 amide bonds. The number of halogens is 1. The Kier molecular flexibility index (Phi) is 7.16. The van der Waals surface area contributed by atoms with Gasteiger partial charge in [-0.2, -0.15) is 0 Å². The highest BCUT2D eigenvalue weighted by Crippen LogP contribution is 2.19. The van der Waals surface area contributed by atoms with Crippen molar-refractivity contribution in [3.63, 3.8) is 0 Å². The summed E-state index contributed by atoms with van der Waals surface area (Å²) in [6.07, 6.45) is 0. The molecule has 4 nitrogen and oxygen atoms in total. The summed E-state index contributed by atoms with van der Waals surface area (Å²) in [5.41, 5.74) is 2.95. The van der Waals surface area contributed by atoms with Gasteiger partial charge in [0.15, 0.2) is 0 Å². The molecule has 0 aliphatic carbocycles. The summed E-state index contributed by atoms with van der Waals surface area (Å²) in [5.74, 6) is 0.0112. The number of aryl methyl sites for hydroxylation is 1. The first kappa shape index (κ1) is 18.0. The van der Waals surface area contributed by atoms with Crippen molar-refractivity contribution in [2.75, 3.05) is 13.6 Å². The van der Waals surface area contributed by atoms with E-state index in [0.717, 1.165) is 17.0 Å². The van der Waals surface area contributed by atoms with E-state index in [-0.39, 0.29) is 24.4 Å². The first-order chi connectivity index (χ1) is 8.38. The molecule has 1 heterocycles. The van der Waals surface area contributed by atoms with Gasteiger partial charge in [0.05, 0.1) is 5.56 Å². The number of nitrogens with one attached hydrogen (secondary N) is 2. The van der Waals surface area contributed by atoms with E-state index in [1.165, 1.54) is 0 Å². The SMILES string of the molecule is CNC(C)CNC(=O)c1cc(C)n(C(C)C)c1C.Cl. The Morgan fingerprint density at radius 3 is 2.32 bits per heavy atom. The number of likely N-dealkylation sites (N-methyl/N-ethyl adjacent to an activating group) is 1. The van der Waals surface area contributed by atoms with Crippen molar-refractivity contribution in [1.29, 1.82) is 0 Å². The van der Waals surface area contributed by atoms with Crippen LogP contribution in [0.4, 0.5) is 0 Å². The molecule has 1 atom stereocenters. The lowest BCUT2D eigenvalue weighted by molar-refractivity contribution is 0.0950. The van der Waals surface area contributed by atoms with Crippen LogP contribution >= 0.6 is 12.4 Å². The predicted molar refractivity (Wildman–Crippen MR) is 82.4 cm³/mol. The highest BCUT2D eigenvalue weighted by Gasteiger charge is 2.17. The highest BCUT2D eigenvalue weighted by molar-refractivity contribution is 5.95. The van der Waals surface area contributed by atoms with Crippen LogP contribution in [-0.4, -0.2) is 30.1 Å². The Morgan fingerprint density at radius 1 is 1.32 bits per heavy atom. The molecule has 0 aromatic carbocycles. The van der Waals surface area contributed by atoms with Crippen LogP contribution in [0.3, 0.4) is 0 Å².